The van der Waals surface area contributed by atoms with Gasteiger partial charge in [-0.15, -0.1) is 0 Å². The fourth-order valence-corrected chi connectivity index (χ4v) is 4.00. The van der Waals surface area contributed by atoms with Gasteiger partial charge < -0.3 is 19.2 Å². The number of benzene rings is 2. The lowest BCUT2D eigenvalue weighted by molar-refractivity contribution is -0.130. The van der Waals surface area contributed by atoms with Crippen molar-refractivity contribution in [1.82, 2.24) is 4.90 Å². The Morgan fingerprint density at radius 3 is 2.50 bits per heavy atom. The maximum Gasteiger partial charge on any atom is 0.338 e. The summed E-state index contributed by atoms with van der Waals surface area (Å²) in [7, 11) is 0. The molecule has 0 bridgehead atoms. The number of esters is 1. The second-order valence-corrected chi connectivity index (χ2v) is 8.15. The lowest BCUT2D eigenvalue weighted by atomic mass is 9.94. The minimum Gasteiger partial charge on any atom is -0.503 e. The topological polar surface area (TPSA) is 97.0 Å². The molecule has 0 spiro atoms. The molecule has 7 nitrogen and oxygen atoms in total. The van der Waals surface area contributed by atoms with Gasteiger partial charge in [0.05, 0.1) is 30.0 Å². The molecule has 2 heterocycles. The zero-order valence-electron chi connectivity index (χ0n) is 19.0. The molecule has 0 aliphatic carbocycles. The number of Topliss-reactive ketones (excluding diaryl/α,β-unsaturated/α-hetero) is 1. The average Bonchev–Trinajstić information content (AvgIpc) is 3.46. The summed E-state index contributed by atoms with van der Waals surface area (Å²) in [6.07, 6.45) is 2.10. The molecule has 0 saturated heterocycles. The van der Waals surface area contributed by atoms with Crippen LogP contribution in [0.3, 0.4) is 0 Å². The van der Waals surface area contributed by atoms with Crippen LogP contribution in [0.25, 0.3) is 0 Å². The number of ether oxygens (including phenoxy) is 1. The molecule has 4 rings (SSSR count). The molecule has 34 heavy (non-hydrogen) atoms. The smallest absolute Gasteiger partial charge is 0.338 e. The van der Waals surface area contributed by atoms with Crippen LogP contribution in [0, 0.1) is 6.92 Å². The number of nitrogens with zero attached hydrogens (tertiary/aromatic N) is 1. The molecule has 174 valence electrons. The van der Waals surface area contributed by atoms with Gasteiger partial charge in [-0.3, -0.25) is 9.59 Å². The molecule has 0 radical (unpaired) electrons. The van der Waals surface area contributed by atoms with Crippen LogP contribution in [0.2, 0.25) is 0 Å². The van der Waals surface area contributed by atoms with E-state index in [2.05, 4.69) is 0 Å². The number of hydrogen-bond acceptors (Lipinski definition) is 6. The molecular weight excluding hydrogens is 434 g/mol. The van der Waals surface area contributed by atoms with E-state index in [-0.39, 0.29) is 17.9 Å². The molecular formula is C27H25NO6. The molecule has 7 heteroatoms. The van der Waals surface area contributed by atoms with Crippen molar-refractivity contribution in [2.24, 2.45) is 0 Å². The number of furan rings is 1. The van der Waals surface area contributed by atoms with Crippen molar-refractivity contribution in [2.75, 3.05) is 6.61 Å². The molecule has 1 unspecified atom stereocenters. The number of hydrogen-bond donors (Lipinski definition) is 1. The van der Waals surface area contributed by atoms with Crippen molar-refractivity contribution in [3.63, 3.8) is 0 Å². The van der Waals surface area contributed by atoms with E-state index < -0.39 is 29.5 Å². The fraction of sp³-hybridized carbons (Fsp3) is 0.222. The van der Waals surface area contributed by atoms with Crippen LogP contribution in [0.4, 0.5) is 0 Å². The molecule has 1 amide bonds. The van der Waals surface area contributed by atoms with Crippen molar-refractivity contribution in [3.8, 4) is 0 Å². The van der Waals surface area contributed by atoms with Gasteiger partial charge in [0.25, 0.3) is 5.91 Å². The van der Waals surface area contributed by atoms with E-state index in [0.717, 1.165) is 17.5 Å². The van der Waals surface area contributed by atoms with E-state index in [4.69, 9.17) is 9.15 Å². The molecule has 1 aliphatic rings. The summed E-state index contributed by atoms with van der Waals surface area (Å²) in [5.74, 6) is -2.14. The zero-order chi connectivity index (χ0) is 24.2. The highest BCUT2D eigenvalue weighted by Crippen LogP contribution is 2.40. The Kier molecular flexibility index (Phi) is 6.63. The molecule has 1 atom stereocenters. The number of aliphatic hydroxyl groups is 1. The first-order valence-electron chi connectivity index (χ1n) is 11.1. The molecule has 0 saturated carbocycles. The van der Waals surface area contributed by atoms with Crippen LogP contribution in [-0.2, 0) is 16.1 Å². The number of aryl methyl sites for hydroxylation is 1. The van der Waals surface area contributed by atoms with Gasteiger partial charge in [-0.2, -0.15) is 0 Å². The molecule has 3 aromatic rings. The van der Waals surface area contributed by atoms with Crippen molar-refractivity contribution >= 4 is 17.7 Å². The average molecular weight is 459 g/mol. The van der Waals surface area contributed by atoms with Gasteiger partial charge in [0, 0.05) is 6.54 Å². The van der Waals surface area contributed by atoms with E-state index in [9.17, 15) is 19.5 Å². The van der Waals surface area contributed by atoms with E-state index in [1.807, 2.05) is 38.1 Å². The maximum atomic E-state index is 13.2. The Morgan fingerprint density at radius 2 is 1.85 bits per heavy atom. The molecule has 1 aromatic heterocycles. The summed E-state index contributed by atoms with van der Waals surface area (Å²) in [6, 6.07) is 16.5. The highest BCUT2D eigenvalue weighted by molar-refractivity contribution is 6.15. The predicted molar refractivity (Wildman–Crippen MR) is 124 cm³/mol. The van der Waals surface area contributed by atoms with Crippen LogP contribution in [0.1, 0.15) is 57.0 Å². The van der Waals surface area contributed by atoms with Crippen molar-refractivity contribution < 1.29 is 28.6 Å². The van der Waals surface area contributed by atoms with E-state index >= 15 is 0 Å². The highest BCUT2D eigenvalue weighted by atomic mass is 16.5. The summed E-state index contributed by atoms with van der Waals surface area (Å²) < 4.78 is 10.4. The Labute approximate surface area is 197 Å². The van der Waals surface area contributed by atoms with Crippen molar-refractivity contribution in [2.45, 2.75) is 32.9 Å². The number of amides is 1. The Morgan fingerprint density at radius 1 is 1.09 bits per heavy atom. The SMILES string of the molecule is CCCOC(=O)c1ccc(CN2C(=O)C(O)=C(C(=O)c3ccco3)C2c2cccc(C)c2)cc1. The number of rotatable bonds is 8. The third kappa shape index (κ3) is 4.50. The van der Waals surface area contributed by atoms with Crippen LogP contribution in [-0.4, -0.2) is 34.3 Å². The van der Waals surface area contributed by atoms with Crippen molar-refractivity contribution in [1.29, 1.82) is 0 Å². The Balaban J connectivity index is 1.67. The van der Waals surface area contributed by atoms with Gasteiger partial charge >= 0.3 is 5.97 Å². The van der Waals surface area contributed by atoms with Crippen LogP contribution in [0.15, 0.2) is 82.7 Å². The largest absolute Gasteiger partial charge is 0.503 e. The molecule has 1 N–H and O–H groups in total. The van der Waals surface area contributed by atoms with Gasteiger partial charge in [0.1, 0.15) is 0 Å². The lowest BCUT2D eigenvalue weighted by Gasteiger charge is -2.27. The quantitative estimate of drug-likeness (QED) is 0.379. The minimum absolute atomic E-state index is 0.0229. The monoisotopic (exact) mass is 459 g/mol. The number of ketones is 1. The number of carbonyl (C=O) groups excluding carboxylic acids is 3. The predicted octanol–water partition coefficient (Wildman–Crippen LogP) is 4.93. The zero-order valence-corrected chi connectivity index (χ0v) is 19.0. The third-order valence-corrected chi connectivity index (χ3v) is 5.63. The fourth-order valence-electron chi connectivity index (χ4n) is 4.00. The van der Waals surface area contributed by atoms with Crippen molar-refractivity contribution in [3.05, 3.63) is 106 Å². The first kappa shape index (κ1) is 23.0. The second-order valence-electron chi connectivity index (χ2n) is 8.15. The van der Waals surface area contributed by atoms with Crippen LogP contribution in [0.5, 0.6) is 0 Å². The van der Waals surface area contributed by atoms with Gasteiger partial charge in [-0.25, -0.2) is 4.79 Å². The van der Waals surface area contributed by atoms with E-state index in [0.29, 0.717) is 17.7 Å². The standard InChI is InChI=1S/C27H25NO6/c1-3-13-34-27(32)19-11-9-18(10-12-19)16-28-23(20-7-4-6-17(2)15-20)22(25(30)26(28)31)24(29)21-8-5-14-33-21/h4-12,14-15,23,30H,3,13,16H2,1-2H3. The van der Waals surface area contributed by atoms with E-state index in [1.54, 1.807) is 30.3 Å². The van der Waals surface area contributed by atoms with Gasteiger partial charge in [-0.1, -0.05) is 48.9 Å². The second kappa shape index (κ2) is 9.79. The highest BCUT2D eigenvalue weighted by Gasteiger charge is 2.44. The number of carbonyl (C=O) groups is 3. The molecule has 2 aromatic carbocycles. The van der Waals surface area contributed by atoms with Crippen LogP contribution >= 0.6 is 0 Å². The summed E-state index contributed by atoms with van der Waals surface area (Å²) in [5.41, 5.74) is 2.78. The van der Waals surface area contributed by atoms with Gasteiger partial charge in [0.2, 0.25) is 5.78 Å². The summed E-state index contributed by atoms with van der Waals surface area (Å²) in [4.78, 5) is 39.8. The third-order valence-electron chi connectivity index (χ3n) is 5.63. The normalized spacial score (nSPS) is 15.6. The summed E-state index contributed by atoms with van der Waals surface area (Å²) in [6.45, 7) is 4.31. The Bertz CT molecular complexity index is 1240. The first-order chi connectivity index (χ1) is 16.4. The Hall–Kier alpha value is -4.13. The maximum absolute atomic E-state index is 13.2. The minimum atomic E-state index is -0.792. The van der Waals surface area contributed by atoms with Crippen LogP contribution < -0.4 is 0 Å². The molecule has 0 fully saturated rings. The summed E-state index contributed by atoms with van der Waals surface area (Å²) >= 11 is 0. The number of aliphatic hydroxyl groups excluding tert-OH is 1. The van der Waals surface area contributed by atoms with Gasteiger partial charge in [-0.05, 0) is 48.7 Å². The van der Waals surface area contributed by atoms with E-state index in [1.165, 1.54) is 17.2 Å². The summed E-state index contributed by atoms with van der Waals surface area (Å²) in [5, 5.41) is 10.7. The molecule has 1 aliphatic heterocycles. The first-order valence-corrected chi connectivity index (χ1v) is 11.1. The van der Waals surface area contributed by atoms with Gasteiger partial charge in [0.15, 0.2) is 11.5 Å². The lowest BCUT2D eigenvalue weighted by Crippen LogP contribution is -2.30.